The predicted molar refractivity (Wildman–Crippen MR) is 97.9 cm³/mol. The first-order chi connectivity index (χ1) is 12.9. The van der Waals surface area contributed by atoms with E-state index in [2.05, 4.69) is 15.6 Å². The number of nitrogens with zero attached hydrogens (tertiary/aromatic N) is 3. The largest absolute Gasteiger partial charge is 0.389 e. The Kier molecular flexibility index (Phi) is 5.02. The summed E-state index contributed by atoms with van der Waals surface area (Å²) in [5, 5.41) is 22.0. The van der Waals surface area contributed by atoms with Crippen molar-refractivity contribution in [2.24, 2.45) is 0 Å². The van der Waals surface area contributed by atoms with Crippen LogP contribution in [0.25, 0.3) is 0 Å². The van der Waals surface area contributed by atoms with E-state index in [1.54, 1.807) is 28.9 Å². The van der Waals surface area contributed by atoms with Crippen LogP contribution in [0, 0.1) is 0 Å². The number of hydrogen-bond donors (Lipinski definition) is 2. The average molecular weight is 392 g/mol. The van der Waals surface area contributed by atoms with Crippen LogP contribution >= 0.6 is 0 Å². The number of ether oxygens (including phenoxy) is 1. The van der Waals surface area contributed by atoms with Gasteiger partial charge in [0.2, 0.25) is 0 Å². The normalized spacial score (nSPS) is 25.8. The molecule has 1 aromatic heterocycles. The Morgan fingerprint density at radius 3 is 2.70 bits per heavy atom. The second-order valence-corrected chi connectivity index (χ2v) is 9.42. The molecule has 0 bridgehead atoms. The average Bonchev–Trinajstić information content (AvgIpc) is 3.28. The molecule has 0 radical (unpaired) electrons. The third-order valence-electron chi connectivity index (χ3n) is 5.11. The van der Waals surface area contributed by atoms with Crippen LogP contribution in [-0.2, 0) is 27.7 Å². The third kappa shape index (κ3) is 4.37. The van der Waals surface area contributed by atoms with Crippen LogP contribution in [0.2, 0.25) is 0 Å². The number of aromatic nitrogens is 3. The van der Waals surface area contributed by atoms with E-state index >= 15 is 0 Å². The molecule has 27 heavy (non-hydrogen) atoms. The Balaban J connectivity index is 1.37. The predicted octanol–water partition coefficient (Wildman–Crippen LogP) is 0.477. The van der Waals surface area contributed by atoms with Crippen molar-refractivity contribution in [3.63, 3.8) is 0 Å². The van der Waals surface area contributed by atoms with E-state index in [0.29, 0.717) is 23.9 Å². The Morgan fingerprint density at radius 1 is 1.30 bits per heavy atom. The van der Waals surface area contributed by atoms with Crippen LogP contribution in [0.4, 0.5) is 0 Å². The van der Waals surface area contributed by atoms with Gasteiger partial charge < -0.3 is 15.2 Å². The fraction of sp³-hybridized carbons (Fsp3) is 0.556. The summed E-state index contributed by atoms with van der Waals surface area (Å²) in [5.74, 6) is 0.553. The number of aliphatic hydroxyl groups excluding tert-OH is 1. The lowest BCUT2D eigenvalue weighted by Gasteiger charge is -2.21. The molecule has 9 heteroatoms. The summed E-state index contributed by atoms with van der Waals surface area (Å²) in [4.78, 5) is 0.297. The molecule has 2 heterocycles. The van der Waals surface area contributed by atoms with Gasteiger partial charge in [0.25, 0.3) is 0 Å². The van der Waals surface area contributed by atoms with Gasteiger partial charge >= 0.3 is 0 Å². The van der Waals surface area contributed by atoms with Gasteiger partial charge in [0.1, 0.15) is 0 Å². The lowest BCUT2D eigenvalue weighted by atomic mass is 10.1. The van der Waals surface area contributed by atoms with Gasteiger partial charge in [0.15, 0.2) is 9.84 Å². The summed E-state index contributed by atoms with van der Waals surface area (Å²) in [6.45, 7) is 1.32. The van der Waals surface area contributed by atoms with Gasteiger partial charge in [-0.25, -0.2) is 13.1 Å². The SMILES string of the molecule is CS(=O)(=O)c1ccc(CN[C@@H]2[C@@H](O)CO[C@@H]2Cn2cc(C3CC3)nn2)cc1. The van der Waals surface area contributed by atoms with Gasteiger partial charge in [0, 0.05) is 24.9 Å². The lowest BCUT2D eigenvalue weighted by molar-refractivity contribution is 0.0741. The molecular formula is C18H24N4O4S. The van der Waals surface area contributed by atoms with Gasteiger partial charge in [-0.15, -0.1) is 5.10 Å². The fourth-order valence-electron chi connectivity index (χ4n) is 3.35. The second-order valence-electron chi connectivity index (χ2n) is 7.40. The zero-order chi connectivity index (χ0) is 19.0. The van der Waals surface area contributed by atoms with Crippen LogP contribution in [0.5, 0.6) is 0 Å². The van der Waals surface area contributed by atoms with Crippen molar-refractivity contribution in [2.45, 2.75) is 55.0 Å². The number of hydrogen-bond acceptors (Lipinski definition) is 7. The van der Waals surface area contributed by atoms with Gasteiger partial charge in [-0.2, -0.15) is 0 Å². The van der Waals surface area contributed by atoms with Crippen LogP contribution < -0.4 is 5.32 Å². The van der Waals surface area contributed by atoms with E-state index in [9.17, 15) is 13.5 Å². The van der Waals surface area contributed by atoms with Crippen molar-refractivity contribution >= 4 is 9.84 Å². The monoisotopic (exact) mass is 392 g/mol. The zero-order valence-corrected chi connectivity index (χ0v) is 16.0. The molecule has 2 N–H and O–H groups in total. The van der Waals surface area contributed by atoms with E-state index in [0.717, 1.165) is 11.3 Å². The van der Waals surface area contributed by atoms with E-state index in [-0.39, 0.29) is 18.8 Å². The van der Waals surface area contributed by atoms with E-state index < -0.39 is 15.9 Å². The molecule has 3 atom stereocenters. The van der Waals surface area contributed by atoms with Gasteiger partial charge in [-0.05, 0) is 30.5 Å². The van der Waals surface area contributed by atoms with Crippen LogP contribution in [0.15, 0.2) is 35.4 Å². The quantitative estimate of drug-likeness (QED) is 0.706. The molecule has 1 aromatic carbocycles. The highest BCUT2D eigenvalue weighted by molar-refractivity contribution is 7.90. The highest BCUT2D eigenvalue weighted by Crippen LogP contribution is 2.38. The number of aliphatic hydroxyl groups is 1. The van der Waals surface area contributed by atoms with Crippen molar-refractivity contribution in [2.75, 3.05) is 12.9 Å². The summed E-state index contributed by atoms with van der Waals surface area (Å²) in [6, 6.07) is 6.52. The Bertz CT molecular complexity index is 892. The first-order valence-corrected chi connectivity index (χ1v) is 11.0. The van der Waals surface area contributed by atoms with Crippen molar-refractivity contribution in [1.29, 1.82) is 0 Å². The molecule has 1 saturated carbocycles. The van der Waals surface area contributed by atoms with E-state index in [1.807, 2.05) is 6.20 Å². The number of benzene rings is 1. The van der Waals surface area contributed by atoms with E-state index in [1.165, 1.54) is 19.1 Å². The molecule has 1 aliphatic carbocycles. The summed E-state index contributed by atoms with van der Waals surface area (Å²) >= 11 is 0. The Labute approximate surface area is 158 Å². The minimum Gasteiger partial charge on any atom is -0.389 e. The third-order valence-corrected chi connectivity index (χ3v) is 6.24. The Morgan fingerprint density at radius 2 is 2.04 bits per heavy atom. The minimum absolute atomic E-state index is 0.205. The van der Waals surface area contributed by atoms with Crippen LogP contribution in [0.3, 0.4) is 0 Å². The minimum atomic E-state index is -3.20. The van der Waals surface area contributed by atoms with Gasteiger partial charge in [-0.1, -0.05) is 17.3 Å². The molecule has 1 saturated heterocycles. The van der Waals surface area contributed by atoms with Crippen molar-refractivity contribution in [3.8, 4) is 0 Å². The molecule has 0 spiro atoms. The van der Waals surface area contributed by atoms with Gasteiger partial charge in [0.05, 0.1) is 42.0 Å². The van der Waals surface area contributed by atoms with Crippen LogP contribution in [-0.4, -0.2) is 59.6 Å². The standard InChI is InChI=1S/C18H24N4O4S/c1-27(24,25)14-6-2-12(3-7-14)8-19-18-16(23)11-26-17(18)10-22-9-15(20-21-22)13-4-5-13/h2-3,6-7,9,13,16-19,23H,4-5,8,10-11H2,1H3/t16-,17+,18+/m0/s1. The zero-order valence-electron chi connectivity index (χ0n) is 15.2. The molecule has 0 amide bonds. The fourth-order valence-corrected chi connectivity index (χ4v) is 3.98. The molecule has 8 nitrogen and oxygen atoms in total. The molecule has 4 rings (SSSR count). The molecule has 2 aromatic rings. The first kappa shape index (κ1) is 18.5. The number of sulfone groups is 1. The topological polar surface area (TPSA) is 106 Å². The highest BCUT2D eigenvalue weighted by Gasteiger charge is 2.36. The molecule has 2 aliphatic rings. The maximum atomic E-state index is 11.5. The lowest BCUT2D eigenvalue weighted by Crippen LogP contribution is -2.45. The Hall–Kier alpha value is -1.81. The molecular weight excluding hydrogens is 368 g/mol. The first-order valence-electron chi connectivity index (χ1n) is 9.12. The maximum Gasteiger partial charge on any atom is 0.175 e. The number of rotatable bonds is 7. The smallest absolute Gasteiger partial charge is 0.175 e. The summed E-state index contributed by atoms with van der Waals surface area (Å²) < 4.78 is 30.6. The van der Waals surface area contributed by atoms with Crippen molar-refractivity contribution in [3.05, 3.63) is 41.7 Å². The molecule has 2 fully saturated rings. The van der Waals surface area contributed by atoms with Crippen LogP contribution in [0.1, 0.15) is 30.0 Å². The molecule has 1 aliphatic heterocycles. The van der Waals surface area contributed by atoms with E-state index in [4.69, 9.17) is 4.74 Å². The summed E-state index contributed by atoms with van der Waals surface area (Å²) in [5.41, 5.74) is 1.97. The highest BCUT2D eigenvalue weighted by atomic mass is 32.2. The van der Waals surface area contributed by atoms with Crippen molar-refractivity contribution in [1.82, 2.24) is 20.3 Å². The number of nitrogens with one attached hydrogen (secondary N) is 1. The molecule has 146 valence electrons. The maximum absolute atomic E-state index is 11.5. The molecule has 0 unspecified atom stereocenters. The van der Waals surface area contributed by atoms with Gasteiger partial charge in [-0.3, -0.25) is 0 Å². The second kappa shape index (κ2) is 7.31. The van der Waals surface area contributed by atoms with Crippen molar-refractivity contribution < 1.29 is 18.3 Å². The summed E-state index contributed by atoms with van der Waals surface area (Å²) in [7, 11) is -3.20. The summed E-state index contributed by atoms with van der Waals surface area (Å²) in [6.07, 6.45) is 4.71.